The molecule has 25 heavy (non-hydrogen) atoms. The number of nitrogens with zero attached hydrogens (tertiary/aromatic N) is 5. The highest BCUT2D eigenvalue weighted by molar-refractivity contribution is 5.77. The number of hydrogen-bond acceptors (Lipinski definition) is 6. The Hall–Kier alpha value is -3.42. The van der Waals surface area contributed by atoms with Crippen LogP contribution in [0, 0.1) is 6.92 Å². The third-order valence-electron chi connectivity index (χ3n) is 3.77. The number of anilines is 3. The third-order valence-corrected chi connectivity index (χ3v) is 3.77. The molecule has 0 saturated carbocycles. The summed E-state index contributed by atoms with van der Waals surface area (Å²) in [5.41, 5.74) is 6.87. The summed E-state index contributed by atoms with van der Waals surface area (Å²) >= 11 is 0. The monoisotopic (exact) mass is 334 g/mol. The fourth-order valence-corrected chi connectivity index (χ4v) is 2.57. The van der Waals surface area contributed by atoms with E-state index in [1.165, 1.54) is 0 Å². The summed E-state index contributed by atoms with van der Waals surface area (Å²) in [6, 6.07) is 11.7. The van der Waals surface area contributed by atoms with E-state index >= 15 is 0 Å². The van der Waals surface area contributed by atoms with Crippen molar-refractivity contribution in [3.8, 4) is 0 Å². The molecule has 3 N–H and O–H groups in total. The van der Waals surface area contributed by atoms with Gasteiger partial charge in [-0.25, -0.2) is 20.4 Å². The van der Waals surface area contributed by atoms with Crippen molar-refractivity contribution in [3.05, 3.63) is 54.1 Å². The van der Waals surface area contributed by atoms with E-state index in [0.29, 0.717) is 5.95 Å². The van der Waals surface area contributed by atoms with Gasteiger partial charge in [-0.2, -0.15) is 9.89 Å². The van der Waals surface area contributed by atoms with Crippen molar-refractivity contribution in [2.75, 3.05) is 10.7 Å². The first kappa shape index (κ1) is 15.1. The summed E-state index contributed by atoms with van der Waals surface area (Å²) in [7, 11) is 0. The SMILES string of the molecule is CCc1cc(Nc2cc(C)nn2Nc2nc3ccccc3[nH]2)ncn1. The van der Waals surface area contributed by atoms with Crippen LogP contribution in [0.25, 0.3) is 11.0 Å². The van der Waals surface area contributed by atoms with Crippen LogP contribution in [-0.2, 0) is 6.42 Å². The Kier molecular flexibility index (Phi) is 3.77. The fourth-order valence-electron chi connectivity index (χ4n) is 2.57. The van der Waals surface area contributed by atoms with Crippen molar-refractivity contribution in [2.45, 2.75) is 20.3 Å². The highest BCUT2D eigenvalue weighted by atomic mass is 15.6. The molecule has 126 valence electrons. The summed E-state index contributed by atoms with van der Waals surface area (Å²) in [6.07, 6.45) is 2.41. The first-order chi connectivity index (χ1) is 12.2. The minimum Gasteiger partial charge on any atom is -0.323 e. The molecule has 3 heterocycles. The van der Waals surface area contributed by atoms with Crippen LogP contribution in [0.3, 0.4) is 0 Å². The predicted molar refractivity (Wildman–Crippen MR) is 96.8 cm³/mol. The molecule has 0 aliphatic heterocycles. The van der Waals surface area contributed by atoms with Crippen molar-refractivity contribution in [1.82, 2.24) is 29.8 Å². The number of aromatic amines is 1. The van der Waals surface area contributed by atoms with Gasteiger partial charge in [-0.15, -0.1) is 0 Å². The maximum atomic E-state index is 4.51. The van der Waals surface area contributed by atoms with Crippen molar-refractivity contribution >= 4 is 28.6 Å². The molecule has 0 aliphatic carbocycles. The normalized spacial score (nSPS) is 11.0. The van der Waals surface area contributed by atoms with Crippen molar-refractivity contribution in [1.29, 1.82) is 0 Å². The molecule has 0 aliphatic rings. The van der Waals surface area contributed by atoms with Crippen molar-refractivity contribution < 1.29 is 0 Å². The molecule has 8 heteroatoms. The Morgan fingerprint density at radius 1 is 1.16 bits per heavy atom. The molecule has 0 atom stereocenters. The summed E-state index contributed by atoms with van der Waals surface area (Å²) in [5.74, 6) is 2.10. The van der Waals surface area contributed by atoms with Gasteiger partial charge < -0.3 is 10.3 Å². The summed E-state index contributed by atoms with van der Waals surface area (Å²) < 4.78 is 0. The number of benzene rings is 1. The summed E-state index contributed by atoms with van der Waals surface area (Å²) in [4.78, 5) is 17.9. The predicted octanol–water partition coefficient (Wildman–Crippen LogP) is 3.04. The van der Waals surface area contributed by atoms with Crippen LogP contribution in [0.15, 0.2) is 42.7 Å². The van der Waals surface area contributed by atoms with Crippen molar-refractivity contribution in [3.63, 3.8) is 0 Å². The molecule has 8 nitrogen and oxygen atoms in total. The van der Waals surface area contributed by atoms with Gasteiger partial charge in [0.05, 0.1) is 16.7 Å². The van der Waals surface area contributed by atoms with E-state index in [2.05, 4.69) is 42.7 Å². The molecular weight excluding hydrogens is 316 g/mol. The molecule has 0 fully saturated rings. The van der Waals surface area contributed by atoms with Crippen LogP contribution in [-0.4, -0.2) is 29.8 Å². The van der Waals surface area contributed by atoms with Gasteiger partial charge in [0.2, 0.25) is 5.95 Å². The Morgan fingerprint density at radius 3 is 2.88 bits per heavy atom. The standard InChI is InChI=1S/C17H18N8/c1-3-12-9-15(19-10-18-12)22-16-8-11(2)23-25(16)24-17-20-13-6-4-5-7-14(13)21-17/h4-10H,3H2,1-2H3,(H,18,19,22)(H2,20,21,24). The minimum absolute atomic E-state index is 0.615. The molecular formula is C17H18N8. The molecule has 0 bridgehead atoms. The van der Waals surface area contributed by atoms with Crippen LogP contribution in [0.5, 0.6) is 0 Å². The second-order valence-corrected chi connectivity index (χ2v) is 5.67. The average Bonchev–Trinajstić information content (AvgIpc) is 3.18. The number of rotatable bonds is 5. The number of imidazole rings is 1. The first-order valence-corrected chi connectivity index (χ1v) is 8.07. The lowest BCUT2D eigenvalue weighted by atomic mass is 10.3. The largest absolute Gasteiger partial charge is 0.323 e. The zero-order chi connectivity index (χ0) is 17.2. The number of aromatic nitrogens is 6. The average molecular weight is 334 g/mol. The quantitative estimate of drug-likeness (QED) is 0.519. The van der Waals surface area contributed by atoms with Gasteiger partial charge in [-0.3, -0.25) is 0 Å². The third kappa shape index (κ3) is 3.14. The molecule has 3 aromatic heterocycles. The molecule has 1 aromatic carbocycles. The lowest BCUT2D eigenvalue weighted by Crippen LogP contribution is -2.15. The second-order valence-electron chi connectivity index (χ2n) is 5.67. The van der Waals surface area contributed by atoms with Gasteiger partial charge in [0.15, 0.2) is 5.82 Å². The van der Waals surface area contributed by atoms with E-state index in [1.54, 1.807) is 11.1 Å². The smallest absolute Gasteiger partial charge is 0.222 e. The molecule has 0 saturated heterocycles. The van der Waals surface area contributed by atoms with Gasteiger partial charge in [0.25, 0.3) is 0 Å². The maximum absolute atomic E-state index is 4.51. The number of fused-ring (bicyclic) bond motifs is 1. The molecule has 4 aromatic rings. The van der Waals surface area contributed by atoms with Crippen molar-refractivity contribution in [2.24, 2.45) is 0 Å². The van der Waals surface area contributed by atoms with Gasteiger partial charge in [-0.05, 0) is 25.5 Å². The minimum atomic E-state index is 0.615. The van der Waals surface area contributed by atoms with Crippen LogP contribution < -0.4 is 10.7 Å². The number of hydrogen-bond donors (Lipinski definition) is 3. The zero-order valence-corrected chi connectivity index (χ0v) is 14.0. The van der Waals surface area contributed by atoms with E-state index in [-0.39, 0.29) is 0 Å². The highest BCUT2D eigenvalue weighted by Crippen LogP contribution is 2.18. The second kappa shape index (κ2) is 6.23. The first-order valence-electron chi connectivity index (χ1n) is 8.07. The van der Waals surface area contributed by atoms with Crippen LogP contribution >= 0.6 is 0 Å². The Labute approximate surface area is 144 Å². The fraction of sp³-hybridized carbons (Fsp3) is 0.176. The van der Waals surface area contributed by atoms with Crippen LogP contribution in [0.1, 0.15) is 18.3 Å². The Morgan fingerprint density at radius 2 is 2.04 bits per heavy atom. The van der Waals surface area contributed by atoms with Gasteiger partial charge >= 0.3 is 0 Å². The highest BCUT2D eigenvalue weighted by Gasteiger charge is 2.09. The number of H-pyrrole nitrogens is 1. The van der Waals surface area contributed by atoms with Crippen LogP contribution in [0.4, 0.5) is 17.6 Å². The molecule has 0 spiro atoms. The molecule has 0 unspecified atom stereocenters. The van der Waals surface area contributed by atoms with E-state index in [0.717, 1.165) is 40.5 Å². The Bertz CT molecular complexity index is 983. The lowest BCUT2D eigenvalue weighted by Gasteiger charge is -2.09. The molecule has 0 radical (unpaired) electrons. The molecule has 0 amide bonds. The summed E-state index contributed by atoms with van der Waals surface area (Å²) in [6.45, 7) is 3.99. The Balaban J connectivity index is 1.62. The van der Waals surface area contributed by atoms with Gasteiger partial charge in [0, 0.05) is 17.8 Å². The van der Waals surface area contributed by atoms with E-state index in [4.69, 9.17) is 0 Å². The number of aryl methyl sites for hydroxylation is 2. The maximum Gasteiger partial charge on any atom is 0.222 e. The van der Waals surface area contributed by atoms with Gasteiger partial charge in [0.1, 0.15) is 12.1 Å². The number of nitrogens with one attached hydrogen (secondary N) is 3. The van der Waals surface area contributed by atoms with Crippen LogP contribution in [0.2, 0.25) is 0 Å². The topological polar surface area (TPSA) is 96.3 Å². The summed E-state index contributed by atoms with van der Waals surface area (Å²) in [5, 5.41) is 7.72. The zero-order valence-electron chi connectivity index (χ0n) is 14.0. The van der Waals surface area contributed by atoms with E-state index < -0.39 is 0 Å². The lowest BCUT2D eigenvalue weighted by molar-refractivity contribution is 0.786. The van der Waals surface area contributed by atoms with Gasteiger partial charge in [-0.1, -0.05) is 19.1 Å². The number of para-hydroxylation sites is 2. The molecule has 4 rings (SSSR count). The van der Waals surface area contributed by atoms with E-state index in [1.807, 2.05) is 43.3 Å². The van der Waals surface area contributed by atoms with E-state index in [9.17, 15) is 0 Å².